The van der Waals surface area contributed by atoms with Crippen molar-refractivity contribution in [3.63, 3.8) is 0 Å². The first-order valence-corrected chi connectivity index (χ1v) is 8.29. The maximum absolute atomic E-state index is 11.9. The lowest BCUT2D eigenvalue weighted by Gasteiger charge is -2.11. The quantitative estimate of drug-likeness (QED) is 0.655. The molecule has 0 aliphatic rings. The summed E-state index contributed by atoms with van der Waals surface area (Å²) in [5.41, 5.74) is 4.98. The molecule has 1 heterocycles. The third-order valence-corrected chi connectivity index (χ3v) is 4.42. The normalized spacial score (nSPS) is 10.5. The minimum Gasteiger partial charge on any atom is -0.483 e. The summed E-state index contributed by atoms with van der Waals surface area (Å²) < 4.78 is 11.3. The fourth-order valence-corrected chi connectivity index (χ4v) is 2.93. The Bertz CT molecular complexity index is 936. The van der Waals surface area contributed by atoms with Gasteiger partial charge in [-0.15, -0.1) is 0 Å². The fourth-order valence-electron chi connectivity index (χ4n) is 2.32. The summed E-state index contributed by atoms with van der Waals surface area (Å²) in [6.45, 7) is 1.43. The van der Waals surface area contributed by atoms with Crippen LogP contribution in [0.2, 0.25) is 0 Å². The molecule has 25 heavy (non-hydrogen) atoms. The van der Waals surface area contributed by atoms with Crippen LogP contribution < -0.4 is 15.6 Å². The topological polar surface area (TPSA) is 80.6 Å². The van der Waals surface area contributed by atoms with Crippen molar-refractivity contribution in [2.24, 2.45) is 0 Å². The second-order valence-electron chi connectivity index (χ2n) is 5.28. The Labute approximate surface area is 152 Å². The van der Waals surface area contributed by atoms with Gasteiger partial charge in [0, 0.05) is 0 Å². The molecule has 0 saturated heterocycles. The van der Waals surface area contributed by atoms with E-state index < -0.39 is 11.8 Å². The number of hydrogen-bond acceptors (Lipinski definition) is 4. The van der Waals surface area contributed by atoms with Gasteiger partial charge in [0.15, 0.2) is 6.61 Å². The molecule has 0 atom stereocenters. The predicted molar refractivity (Wildman–Crippen MR) is 96.2 cm³/mol. The number of rotatable bonds is 4. The van der Waals surface area contributed by atoms with Crippen molar-refractivity contribution >= 4 is 38.5 Å². The Morgan fingerprint density at radius 3 is 2.68 bits per heavy atom. The summed E-state index contributed by atoms with van der Waals surface area (Å²) in [6, 6.07) is 13.1. The number of furan rings is 1. The number of carbonyl (C=O) groups excluding carboxylic acids is 2. The average molecular weight is 403 g/mol. The molecule has 0 bridgehead atoms. The molecule has 1 aromatic heterocycles. The number of aryl methyl sites for hydroxylation is 1. The lowest BCUT2D eigenvalue weighted by molar-refractivity contribution is -0.123. The van der Waals surface area contributed by atoms with E-state index in [1.165, 1.54) is 12.3 Å². The second kappa shape index (κ2) is 7.40. The van der Waals surface area contributed by atoms with E-state index in [2.05, 4.69) is 26.8 Å². The van der Waals surface area contributed by atoms with Gasteiger partial charge in [-0.2, -0.15) is 0 Å². The number of carbonyl (C=O) groups is 2. The third kappa shape index (κ3) is 3.83. The van der Waals surface area contributed by atoms with Gasteiger partial charge in [-0.25, -0.2) is 0 Å². The molecule has 3 rings (SSSR count). The van der Waals surface area contributed by atoms with E-state index in [9.17, 15) is 9.59 Å². The zero-order valence-corrected chi connectivity index (χ0v) is 14.9. The van der Waals surface area contributed by atoms with E-state index in [0.29, 0.717) is 17.1 Å². The zero-order chi connectivity index (χ0) is 17.8. The van der Waals surface area contributed by atoms with Crippen molar-refractivity contribution in [3.8, 4) is 5.75 Å². The highest BCUT2D eigenvalue weighted by Gasteiger charge is 2.13. The van der Waals surface area contributed by atoms with Gasteiger partial charge in [0.25, 0.3) is 11.8 Å². The molecule has 0 aliphatic heterocycles. The number of hydrogen-bond donors (Lipinski definition) is 2. The van der Waals surface area contributed by atoms with Crippen LogP contribution in [0.5, 0.6) is 5.75 Å². The molecule has 6 nitrogen and oxygen atoms in total. The lowest BCUT2D eigenvalue weighted by atomic mass is 10.1. The van der Waals surface area contributed by atoms with Gasteiger partial charge in [-0.1, -0.05) is 30.3 Å². The molecule has 0 spiro atoms. The number of nitrogens with one attached hydrogen (secondary N) is 2. The summed E-state index contributed by atoms with van der Waals surface area (Å²) in [7, 11) is 0. The number of halogens is 1. The monoisotopic (exact) mass is 402 g/mol. The van der Waals surface area contributed by atoms with E-state index in [0.717, 1.165) is 15.2 Å². The predicted octanol–water partition coefficient (Wildman–Crippen LogP) is 3.34. The van der Waals surface area contributed by atoms with Crippen molar-refractivity contribution < 1.29 is 18.7 Å². The molecular weight excluding hydrogens is 388 g/mol. The minimum absolute atomic E-state index is 0.235. The van der Waals surface area contributed by atoms with Gasteiger partial charge in [0.1, 0.15) is 11.5 Å². The van der Waals surface area contributed by atoms with Crippen LogP contribution in [0.15, 0.2) is 57.6 Å². The van der Waals surface area contributed by atoms with Crippen molar-refractivity contribution in [1.82, 2.24) is 10.9 Å². The number of amides is 2. The van der Waals surface area contributed by atoms with Gasteiger partial charge in [0.05, 0.1) is 16.3 Å². The molecule has 0 fully saturated rings. The van der Waals surface area contributed by atoms with Gasteiger partial charge < -0.3 is 9.15 Å². The Kier molecular flexibility index (Phi) is 5.04. The van der Waals surface area contributed by atoms with Crippen molar-refractivity contribution in [2.75, 3.05) is 6.61 Å². The van der Waals surface area contributed by atoms with Gasteiger partial charge in [0.2, 0.25) is 0 Å². The second-order valence-corrected chi connectivity index (χ2v) is 6.07. The van der Waals surface area contributed by atoms with E-state index in [1.54, 1.807) is 13.0 Å². The van der Waals surface area contributed by atoms with E-state index in [-0.39, 0.29) is 6.61 Å². The van der Waals surface area contributed by atoms with E-state index >= 15 is 0 Å². The van der Waals surface area contributed by atoms with Crippen molar-refractivity contribution in [1.29, 1.82) is 0 Å². The minimum atomic E-state index is -0.477. The molecule has 128 valence electrons. The highest BCUT2D eigenvalue weighted by atomic mass is 79.9. The summed E-state index contributed by atoms with van der Waals surface area (Å²) >= 11 is 3.49. The summed E-state index contributed by atoms with van der Waals surface area (Å²) in [4.78, 5) is 23.7. The average Bonchev–Trinajstić information content (AvgIpc) is 3.05. The Morgan fingerprint density at radius 2 is 1.92 bits per heavy atom. The van der Waals surface area contributed by atoms with Crippen LogP contribution in [-0.2, 0) is 4.79 Å². The smallest absolute Gasteiger partial charge is 0.276 e. The summed E-state index contributed by atoms with van der Waals surface area (Å²) in [5.74, 6) is 0.0926. The van der Waals surface area contributed by atoms with Crippen LogP contribution in [0.25, 0.3) is 10.8 Å². The standard InChI is InChI=1S/C18H15BrN2O4/c1-11-13(8-9-24-11)18(23)21-20-16(22)10-25-15-7-6-12-4-2-3-5-14(12)17(15)19/h2-9H,10H2,1H3,(H,20,22)(H,21,23). The van der Waals surface area contributed by atoms with Gasteiger partial charge in [-0.3, -0.25) is 20.4 Å². The summed E-state index contributed by atoms with van der Waals surface area (Å²) in [5, 5.41) is 2.05. The van der Waals surface area contributed by atoms with Crippen molar-refractivity contribution in [3.05, 3.63) is 64.5 Å². The first-order valence-electron chi connectivity index (χ1n) is 7.49. The molecule has 0 aliphatic carbocycles. The van der Waals surface area contributed by atoms with Gasteiger partial charge >= 0.3 is 0 Å². The highest BCUT2D eigenvalue weighted by molar-refractivity contribution is 9.10. The molecule has 0 saturated carbocycles. The van der Waals surface area contributed by atoms with Crippen LogP contribution in [0.3, 0.4) is 0 Å². The molecule has 3 aromatic rings. The maximum Gasteiger partial charge on any atom is 0.276 e. The highest BCUT2D eigenvalue weighted by Crippen LogP contribution is 2.32. The number of fused-ring (bicyclic) bond motifs is 1. The summed E-state index contributed by atoms with van der Waals surface area (Å²) in [6.07, 6.45) is 1.41. The molecule has 2 amide bonds. The molecule has 7 heteroatoms. The lowest BCUT2D eigenvalue weighted by Crippen LogP contribution is -2.43. The number of ether oxygens (including phenoxy) is 1. The Hall–Kier alpha value is -2.80. The van der Waals surface area contributed by atoms with Crippen LogP contribution in [-0.4, -0.2) is 18.4 Å². The molecule has 2 aromatic carbocycles. The van der Waals surface area contributed by atoms with Crippen molar-refractivity contribution in [2.45, 2.75) is 6.92 Å². The largest absolute Gasteiger partial charge is 0.483 e. The first kappa shape index (κ1) is 17.0. The first-order chi connectivity index (χ1) is 12.1. The van der Waals surface area contributed by atoms with E-state index in [4.69, 9.17) is 9.15 Å². The van der Waals surface area contributed by atoms with Crippen LogP contribution in [0.1, 0.15) is 16.1 Å². The van der Waals surface area contributed by atoms with Crippen LogP contribution in [0, 0.1) is 6.92 Å². The van der Waals surface area contributed by atoms with Crippen LogP contribution in [0.4, 0.5) is 0 Å². The Morgan fingerprint density at radius 1 is 1.12 bits per heavy atom. The third-order valence-electron chi connectivity index (χ3n) is 3.61. The van der Waals surface area contributed by atoms with Crippen LogP contribution >= 0.6 is 15.9 Å². The SMILES string of the molecule is Cc1occc1C(=O)NNC(=O)COc1ccc2ccccc2c1Br. The van der Waals surface area contributed by atoms with E-state index in [1.807, 2.05) is 30.3 Å². The molecule has 0 radical (unpaired) electrons. The molecule has 2 N–H and O–H groups in total. The Balaban J connectivity index is 1.57. The maximum atomic E-state index is 11.9. The number of benzene rings is 2. The zero-order valence-electron chi connectivity index (χ0n) is 13.3. The molecular formula is C18H15BrN2O4. The van der Waals surface area contributed by atoms with Gasteiger partial charge in [-0.05, 0) is 45.8 Å². The molecule has 0 unspecified atom stereocenters. The fraction of sp³-hybridized carbons (Fsp3) is 0.111. The number of hydrazine groups is 1.